The Balaban J connectivity index is 1.79. The Morgan fingerprint density at radius 2 is 1.67 bits per heavy atom. The Labute approximate surface area is 146 Å². The first kappa shape index (κ1) is 16.5. The minimum Gasteiger partial charge on any atom is -0.300 e. The van der Waals surface area contributed by atoms with Crippen LogP contribution < -0.4 is 5.32 Å². The Bertz CT molecular complexity index is 800. The van der Waals surface area contributed by atoms with Gasteiger partial charge in [-0.1, -0.05) is 63.2 Å². The van der Waals surface area contributed by atoms with Crippen LogP contribution in [-0.4, -0.2) is 11.1 Å². The van der Waals surface area contributed by atoms with E-state index in [-0.39, 0.29) is 11.3 Å². The van der Waals surface area contributed by atoms with Gasteiger partial charge in [0.1, 0.15) is 0 Å². The number of carbonyl (C=O) groups excluding carboxylic acids is 1. The van der Waals surface area contributed by atoms with Crippen LogP contribution in [0.4, 0.5) is 5.69 Å². The highest BCUT2D eigenvalue weighted by Gasteiger charge is 2.23. The molecule has 1 saturated heterocycles. The van der Waals surface area contributed by atoms with Crippen LogP contribution in [0, 0.1) is 0 Å². The lowest BCUT2D eigenvalue weighted by atomic mass is 9.87. The van der Waals surface area contributed by atoms with Crippen molar-refractivity contribution in [2.45, 2.75) is 26.2 Å². The molecule has 1 aliphatic rings. The van der Waals surface area contributed by atoms with Crippen LogP contribution in [0.3, 0.4) is 0 Å². The molecule has 1 fully saturated rings. The second-order valence-corrected chi connectivity index (χ2v) is 7.72. The molecule has 0 bridgehead atoms. The Morgan fingerprint density at radius 1 is 1.00 bits per heavy atom. The predicted octanol–water partition coefficient (Wildman–Crippen LogP) is 4.88. The first-order valence-electron chi connectivity index (χ1n) is 7.87. The van der Waals surface area contributed by atoms with E-state index in [0.29, 0.717) is 10.1 Å². The van der Waals surface area contributed by atoms with Crippen molar-refractivity contribution in [1.82, 2.24) is 5.32 Å². The van der Waals surface area contributed by atoms with Crippen molar-refractivity contribution < 1.29 is 4.79 Å². The molecule has 0 unspecified atom stereocenters. The van der Waals surface area contributed by atoms with Crippen molar-refractivity contribution in [2.24, 2.45) is 4.99 Å². The van der Waals surface area contributed by atoms with E-state index in [1.165, 1.54) is 17.3 Å². The minimum atomic E-state index is -0.102. The summed E-state index contributed by atoms with van der Waals surface area (Å²) in [5, 5.41) is 3.43. The van der Waals surface area contributed by atoms with Crippen LogP contribution >= 0.6 is 11.8 Å². The zero-order valence-corrected chi connectivity index (χ0v) is 14.9. The molecular formula is C20H20N2OS. The summed E-state index contributed by atoms with van der Waals surface area (Å²) in [7, 11) is 0. The Kier molecular flexibility index (Phi) is 4.58. The van der Waals surface area contributed by atoms with Gasteiger partial charge < -0.3 is 5.32 Å². The summed E-state index contributed by atoms with van der Waals surface area (Å²) in [4.78, 5) is 17.2. The zero-order valence-electron chi connectivity index (χ0n) is 14.0. The number of hydrogen-bond donors (Lipinski definition) is 1. The lowest BCUT2D eigenvalue weighted by molar-refractivity contribution is -0.115. The molecule has 0 aliphatic carbocycles. The van der Waals surface area contributed by atoms with Crippen LogP contribution in [-0.2, 0) is 10.2 Å². The number of carbonyl (C=O) groups is 1. The highest BCUT2D eigenvalue weighted by atomic mass is 32.2. The van der Waals surface area contributed by atoms with Crippen molar-refractivity contribution in [3.05, 3.63) is 70.6 Å². The van der Waals surface area contributed by atoms with E-state index >= 15 is 0 Å². The maximum atomic E-state index is 12.1. The molecule has 122 valence electrons. The fraction of sp³-hybridized carbons (Fsp3) is 0.200. The minimum absolute atomic E-state index is 0.102. The average molecular weight is 336 g/mol. The fourth-order valence-electron chi connectivity index (χ4n) is 2.33. The summed E-state index contributed by atoms with van der Waals surface area (Å²) >= 11 is 1.37. The van der Waals surface area contributed by atoms with Gasteiger partial charge in [-0.25, -0.2) is 4.99 Å². The van der Waals surface area contributed by atoms with Crippen molar-refractivity contribution in [3.63, 3.8) is 0 Å². The quantitative estimate of drug-likeness (QED) is 0.795. The first-order valence-corrected chi connectivity index (χ1v) is 8.69. The van der Waals surface area contributed by atoms with E-state index in [2.05, 4.69) is 43.2 Å². The van der Waals surface area contributed by atoms with Crippen LogP contribution in [0.1, 0.15) is 31.9 Å². The highest BCUT2D eigenvalue weighted by Crippen LogP contribution is 2.29. The standard InChI is InChI=1S/C20H20N2OS/c1-20(2,3)15-11-9-14(10-12-15)13-17-18(23)22-19(24-17)21-16-7-5-4-6-8-16/h4-13H,1-3H3,(H,21,22,23)/b17-13+. The summed E-state index contributed by atoms with van der Waals surface area (Å²) in [6, 6.07) is 17.9. The van der Waals surface area contributed by atoms with E-state index in [9.17, 15) is 4.79 Å². The van der Waals surface area contributed by atoms with Crippen molar-refractivity contribution in [2.75, 3.05) is 0 Å². The molecule has 0 radical (unpaired) electrons. The van der Waals surface area contributed by atoms with E-state index in [4.69, 9.17) is 0 Å². The molecule has 24 heavy (non-hydrogen) atoms. The van der Waals surface area contributed by atoms with Crippen LogP contribution in [0.5, 0.6) is 0 Å². The van der Waals surface area contributed by atoms with Crippen LogP contribution in [0.2, 0.25) is 0 Å². The SMILES string of the molecule is CC(C)(C)c1ccc(/C=C2/SC(=Nc3ccccc3)NC2=O)cc1. The molecular weight excluding hydrogens is 316 g/mol. The van der Waals surface area contributed by atoms with E-state index in [1.807, 2.05) is 48.5 Å². The maximum Gasteiger partial charge on any atom is 0.264 e. The van der Waals surface area contributed by atoms with Gasteiger partial charge in [0.25, 0.3) is 5.91 Å². The van der Waals surface area contributed by atoms with Gasteiger partial charge in [0, 0.05) is 0 Å². The number of nitrogens with one attached hydrogen (secondary N) is 1. The van der Waals surface area contributed by atoms with Crippen molar-refractivity contribution >= 4 is 34.6 Å². The fourth-order valence-corrected chi connectivity index (χ4v) is 3.17. The predicted molar refractivity (Wildman–Crippen MR) is 102 cm³/mol. The smallest absolute Gasteiger partial charge is 0.264 e. The number of hydrogen-bond acceptors (Lipinski definition) is 3. The van der Waals surface area contributed by atoms with Gasteiger partial charge in [0.15, 0.2) is 5.17 Å². The van der Waals surface area contributed by atoms with Gasteiger partial charge in [-0.2, -0.15) is 0 Å². The van der Waals surface area contributed by atoms with Crippen LogP contribution in [0.15, 0.2) is 64.5 Å². The van der Waals surface area contributed by atoms with Gasteiger partial charge >= 0.3 is 0 Å². The van der Waals surface area contributed by atoms with Crippen LogP contribution in [0.25, 0.3) is 6.08 Å². The highest BCUT2D eigenvalue weighted by molar-refractivity contribution is 8.18. The van der Waals surface area contributed by atoms with Crippen molar-refractivity contribution in [1.29, 1.82) is 0 Å². The summed E-state index contributed by atoms with van der Waals surface area (Å²) in [5.74, 6) is -0.102. The molecule has 2 aromatic carbocycles. The molecule has 0 aromatic heterocycles. The summed E-state index contributed by atoms with van der Waals surface area (Å²) in [6.07, 6.45) is 1.90. The Hall–Kier alpha value is -2.33. The number of para-hydroxylation sites is 1. The summed E-state index contributed by atoms with van der Waals surface area (Å²) < 4.78 is 0. The first-order chi connectivity index (χ1) is 11.4. The zero-order chi connectivity index (χ0) is 17.2. The average Bonchev–Trinajstić information content (AvgIpc) is 2.87. The van der Waals surface area contributed by atoms with E-state index < -0.39 is 0 Å². The number of amidine groups is 1. The van der Waals surface area contributed by atoms with E-state index in [0.717, 1.165) is 11.3 Å². The maximum absolute atomic E-state index is 12.1. The van der Waals surface area contributed by atoms with Gasteiger partial charge in [0.05, 0.1) is 10.6 Å². The lowest BCUT2D eigenvalue weighted by Crippen LogP contribution is -2.19. The molecule has 3 rings (SSSR count). The summed E-state index contributed by atoms with van der Waals surface area (Å²) in [5.41, 5.74) is 3.25. The number of aliphatic imine (C=N–C) groups is 1. The number of benzene rings is 2. The third-order valence-electron chi connectivity index (χ3n) is 3.71. The lowest BCUT2D eigenvalue weighted by Gasteiger charge is -2.18. The molecule has 0 spiro atoms. The second-order valence-electron chi connectivity index (χ2n) is 6.69. The number of amides is 1. The normalized spacial score (nSPS) is 18.2. The van der Waals surface area contributed by atoms with Gasteiger partial charge in [-0.15, -0.1) is 0 Å². The number of nitrogens with zero attached hydrogens (tertiary/aromatic N) is 1. The van der Waals surface area contributed by atoms with Gasteiger partial charge in [-0.05, 0) is 46.5 Å². The van der Waals surface area contributed by atoms with Crippen molar-refractivity contribution in [3.8, 4) is 0 Å². The molecule has 0 atom stereocenters. The molecule has 3 nitrogen and oxygen atoms in total. The largest absolute Gasteiger partial charge is 0.300 e. The molecule has 4 heteroatoms. The molecule has 1 aliphatic heterocycles. The molecule has 1 amide bonds. The topological polar surface area (TPSA) is 41.5 Å². The third kappa shape index (κ3) is 3.95. The molecule has 1 N–H and O–H groups in total. The van der Waals surface area contributed by atoms with Gasteiger partial charge in [-0.3, -0.25) is 4.79 Å². The Morgan fingerprint density at radius 3 is 2.29 bits per heavy atom. The number of thioether (sulfide) groups is 1. The molecule has 1 heterocycles. The summed E-state index contributed by atoms with van der Waals surface area (Å²) in [6.45, 7) is 6.56. The molecule has 0 saturated carbocycles. The third-order valence-corrected chi connectivity index (χ3v) is 4.62. The molecule has 2 aromatic rings. The monoisotopic (exact) mass is 336 g/mol. The van der Waals surface area contributed by atoms with Gasteiger partial charge in [0.2, 0.25) is 0 Å². The second kappa shape index (κ2) is 6.65. The number of rotatable bonds is 2. The van der Waals surface area contributed by atoms with E-state index in [1.54, 1.807) is 0 Å².